The molecule has 2 aliphatic rings. The van der Waals surface area contributed by atoms with Crippen LogP contribution in [0.1, 0.15) is 5.82 Å². The van der Waals surface area contributed by atoms with Crippen molar-refractivity contribution in [2.24, 2.45) is 0 Å². The third kappa shape index (κ3) is 10.6. The topological polar surface area (TPSA) is 165 Å². The number of aromatic nitrogens is 4. The number of nitrogens with zero attached hydrogens (tertiary/aromatic N) is 8. The van der Waals surface area contributed by atoms with E-state index in [0.29, 0.717) is 29.7 Å². The quantitative estimate of drug-likeness (QED) is 0.0858. The van der Waals surface area contributed by atoms with E-state index in [4.69, 9.17) is 14.5 Å². The first-order valence-corrected chi connectivity index (χ1v) is 22.4. The van der Waals surface area contributed by atoms with Crippen molar-refractivity contribution in [3.05, 3.63) is 115 Å². The highest BCUT2D eigenvalue weighted by molar-refractivity contribution is 7.90. The van der Waals surface area contributed by atoms with Crippen LogP contribution in [0.4, 0.5) is 57.3 Å². The summed E-state index contributed by atoms with van der Waals surface area (Å²) in [5, 5.41) is 13.5. The Balaban J connectivity index is 0.837. The van der Waals surface area contributed by atoms with Crippen molar-refractivity contribution >= 4 is 67.1 Å². The first-order chi connectivity index (χ1) is 30.1. The number of hydrogen-bond acceptors (Lipinski definition) is 16. The van der Waals surface area contributed by atoms with E-state index in [1.54, 1.807) is 57.1 Å². The van der Waals surface area contributed by atoms with Crippen molar-refractivity contribution in [2.45, 2.75) is 11.4 Å². The molecule has 62 heavy (non-hydrogen) atoms. The van der Waals surface area contributed by atoms with E-state index in [0.717, 1.165) is 104 Å². The van der Waals surface area contributed by atoms with Crippen molar-refractivity contribution in [3.8, 4) is 11.5 Å². The lowest BCUT2D eigenvalue weighted by molar-refractivity contribution is 0.244. The Morgan fingerprint density at radius 3 is 1.65 bits per heavy atom. The Kier molecular flexibility index (Phi) is 12.8. The number of hydrogen-bond donors (Lipinski definition) is 4. The third-order valence-corrected chi connectivity index (χ3v) is 12.1. The zero-order valence-electron chi connectivity index (χ0n) is 35.4. The highest BCUT2D eigenvalue weighted by Gasteiger charge is 2.21. The fourth-order valence-electron chi connectivity index (χ4n) is 7.46. The number of ether oxygens (including phenoxy) is 2. The van der Waals surface area contributed by atoms with Crippen LogP contribution in [0.25, 0.3) is 0 Å². The van der Waals surface area contributed by atoms with E-state index in [-0.39, 0.29) is 4.90 Å². The second-order valence-corrected chi connectivity index (χ2v) is 17.4. The molecule has 16 nitrogen and oxygen atoms in total. The molecule has 0 atom stereocenters. The van der Waals surface area contributed by atoms with Gasteiger partial charge >= 0.3 is 0 Å². The van der Waals surface area contributed by atoms with Crippen LogP contribution in [-0.4, -0.2) is 118 Å². The van der Waals surface area contributed by atoms with E-state index in [1.165, 1.54) is 6.26 Å². The molecule has 2 aliphatic heterocycles. The summed E-state index contributed by atoms with van der Waals surface area (Å²) in [5.41, 5.74) is 6.27. The highest BCUT2D eigenvalue weighted by Crippen LogP contribution is 2.34. The summed E-state index contributed by atoms with van der Waals surface area (Å²) in [4.78, 5) is 28.2. The maximum atomic E-state index is 11.8. The predicted octanol–water partition coefficient (Wildman–Crippen LogP) is 6.74. The number of rotatable bonds is 15. The van der Waals surface area contributed by atoms with Crippen LogP contribution in [0.15, 0.2) is 114 Å². The van der Waals surface area contributed by atoms with Gasteiger partial charge in [0.15, 0.2) is 9.84 Å². The third-order valence-electron chi connectivity index (χ3n) is 10.9. The summed E-state index contributed by atoms with van der Waals surface area (Å²) in [6.07, 6.45) is 6.45. The number of likely N-dealkylation sites (N-methyl/N-ethyl adjacent to an activating group) is 1. The van der Waals surface area contributed by atoms with Gasteiger partial charge in [0.25, 0.3) is 0 Å². The van der Waals surface area contributed by atoms with Crippen molar-refractivity contribution in [2.75, 3.05) is 111 Å². The van der Waals surface area contributed by atoms with E-state index >= 15 is 0 Å². The van der Waals surface area contributed by atoms with Crippen LogP contribution in [0, 0.1) is 0 Å². The molecule has 3 aromatic heterocycles. The molecular formula is C45H52N12O4S. The Labute approximate surface area is 362 Å². The Hall–Kier alpha value is -6.69. The molecule has 0 saturated carbocycles. The smallest absolute Gasteiger partial charge is 0.175 e. The zero-order chi connectivity index (χ0) is 43.1. The highest BCUT2D eigenvalue weighted by atomic mass is 32.2. The van der Waals surface area contributed by atoms with Gasteiger partial charge in [-0.15, -0.1) is 0 Å². The van der Waals surface area contributed by atoms with Crippen molar-refractivity contribution < 1.29 is 17.9 Å². The van der Waals surface area contributed by atoms with Gasteiger partial charge in [-0.05, 0) is 73.8 Å². The molecule has 0 amide bonds. The summed E-state index contributed by atoms with van der Waals surface area (Å²) in [6, 6.07) is 28.5. The van der Waals surface area contributed by atoms with Gasteiger partial charge in [-0.3, -0.25) is 4.90 Å². The molecule has 2 fully saturated rings. The standard InChI is InChI=1S/C45H52N12O4S/c1-54-19-23-56(24-20-54)35-7-11-39(40(29-35)60-2)52-44-28-34(14-17-47-44)50-42-15-18-48-45(53-42)31-55-21-25-57(26-22-55)36-8-12-38(41(30-36)61-3)51-43-27-33(13-16-46-43)49-32-5-9-37(10-6-32)62(4,58)59/h5-18,27-30H,19-26,31H2,1-4H3,(H2,46,49,51)(H2,47,48,50,52,53). The molecular weight excluding hydrogens is 805 g/mol. The van der Waals surface area contributed by atoms with Crippen LogP contribution in [0.3, 0.4) is 0 Å². The fraction of sp³-hybridized carbons (Fsp3) is 0.289. The van der Waals surface area contributed by atoms with Gasteiger partial charge in [-0.1, -0.05) is 0 Å². The predicted molar refractivity (Wildman–Crippen MR) is 246 cm³/mol. The SMILES string of the molecule is COc1cc(N2CCN(C)CC2)ccc1Nc1cc(Nc2ccnc(CN3CCN(c4ccc(Nc5cc(Nc6ccc(S(C)(=O)=O)cc6)ccn5)c(OC)c4)CC3)n2)ccn1. The summed E-state index contributed by atoms with van der Waals surface area (Å²) < 4.78 is 35.2. The van der Waals surface area contributed by atoms with Gasteiger partial charge in [0.05, 0.1) is 37.0 Å². The van der Waals surface area contributed by atoms with Crippen LogP contribution < -0.4 is 40.5 Å². The van der Waals surface area contributed by atoms with Crippen molar-refractivity contribution in [3.63, 3.8) is 0 Å². The molecule has 322 valence electrons. The number of pyridine rings is 2. The molecule has 0 spiro atoms. The van der Waals surface area contributed by atoms with Crippen molar-refractivity contribution in [1.82, 2.24) is 29.7 Å². The molecule has 0 radical (unpaired) electrons. The first kappa shape index (κ1) is 42.0. The maximum absolute atomic E-state index is 11.8. The fourth-order valence-corrected chi connectivity index (χ4v) is 8.09. The summed E-state index contributed by atoms with van der Waals surface area (Å²) in [7, 11) is 2.25. The van der Waals surface area contributed by atoms with Gasteiger partial charge in [-0.2, -0.15) is 0 Å². The lowest BCUT2D eigenvalue weighted by Crippen LogP contribution is -2.46. The Bertz CT molecular complexity index is 2580. The summed E-state index contributed by atoms with van der Waals surface area (Å²) in [6.45, 7) is 8.07. The second-order valence-electron chi connectivity index (χ2n) is 15.3. The molecule has 0 aliphatic carbocycles. The van der Waals surface area contributed by atoms with Gasteiger partial charge in [0, 0.05) is 130 Å². The van der Waals surface area contributed by atoms with Crippen LogP contribution in [0.2, 0.25) is 0 Å². The maximum Gasteiger partial charge on any atom is 0.175 e. The summed E-state index contributed by atoms with van der Waals surface area (Å²) >= 11 is 0. The van der Waals surface area contributed by atoms with Gasteiger partial charge in [0.1, 0.15) is 34.8 Å². The largest absolute Gasteiger partial charge is 0.494 e. The van der Waals surface area contributed by atoms with E-state index in [1.807, 2.05) is 48.5 Å². The van der Waals surface area contributed by atoms with E-state index in [9.17, 15) is 8.42 Å². The van der Waals surface area contributed by atoms with Crippen LogP contribution >= 0.6 is 0 Å². The van der Waals surface area contributed by atoms with Crippen LogP contribution in [0.5, 0.6) is 11.5 Å². The van der Waals surface area contributed by atoms with Gasteiger partial charge in [0.2, 0.25) is 0 Å². The average Bonchev–Trinajstić information content (AvgIpc) is 3.27. The molecule has 3 aromatic carbocycles. The van der Waals surface area contributed by atoms with Crippen molar-refractivity contribution in [1.29, 1.82) is 0 Å². The molecule has 0 unspecified atom stereocenters. The number of methoxy groups -OCH3 is 2. The molecule has 5 heterocycles. The molecule has 2 saturated heterocycles. The number of nitrogens with one attached hydrogen (secondary N) is 4. The zero-order valence-corrected chi connectivity index (χ0v) is 36.2. The number of benzene rings is 3. The average molecular weight is 857 g/mol. The molecule has 4 N–H and O–H groups in total. The minimum Gasteiger partial charge on any atom is -0.494 e. The van der Waals surface area contributed by atoms with Gasteiger partial charge < -0.3 is 45.4 Å². The Morgan fingerprint density at radius 1 is 0.565 bits per heavy atom. The minimum absolute atomic E-state index is 0.272. The monoisotopic (exact) mass is 856 g/mol. The minimum atomic E-state index is -3.26. The normalized spacial score (nSPS) is 14.9. The molecule has 8 rings (SSSR count). The number of anilines is 10. The van der Waals surface area contributed by atoms with E-state index in [2.05, 4.69) is 81.1 Å². The molecule has 0 bridgehead atoms. The lowest BCUT2D eigenvalue weighted by Gasteiger charge is -2.36. The lowest BCUT2D eigenvalue weighted by atomic mass is 10.2. The van der Waals surface area contributed by atoms with Crippen LogP contribution in [-0.2, 0) is 16.4 Å². The Morgan fingerprint density at radius 2 is 1.10 bits per heavy atom. The summed E-state index contributed by atoms with van der Waals surface area (Å²) in [5.74, 6) is 4.23. The number of sulfone groups is 1. The van der Waals surface area contributed by atoms with E-state index < -0.39 is 9.84 Å². The molecule has 17 heteroatoms. The second kappa shape index (κ2) is 18.9. The first-order valence-electron chi connectivity index (χ1n) is 20.5. The molecule has 6 aromatic rings. The number of piperazine rings is 2. The van der Waals surface area contributed by atoms with Gasteiger partial charge in [-0.25, -0.2) is 28.4 Å².